The normalized spacial score (nSPS) is 10.0. The monoisotopic (exact) mass is 262 g/mol. The number of hydrogen-bond donors (Lipinski definition) is 2. The van der Waals surface area contributed by atoms with Crippen LogP contribution in [0.1, 0.15) is 16.1 Å². The summed E-state index contributed by atoms with van der Waals surface area (Å²) in [5.41, 5.74) is 1.15. The lowest BCUT2D eigenvalue weighted by atomic mass is 10.2. The Morgan fingerprint density at radius 2 is 2.11 bits per heavy atom. The van der Waals surface area contributed by atoms with Gasteiger partial charge in [-0.15, -0.1) is 0 Å². The SMILES string of the molecule is COc1ccc(CNC(=O)c2cn[nH]n2)cc1OC. The zero-order valence-corrected chi connectivity index (χ0v) is 10.6. The van der Waals surface area contributed by atoms with Crippen molar-refractivity contribution in [3.8, 4) is 11.5 Å². The molecule has 0 unspecified atom stereocenters. The lowest BCUT2D eigenvalue weighted by Gasteiger charge is -2.09. The standard InChI is InChI=1S/C12H14N4O3/c1-18-10-4-3-8(5-11(10)19-2)6-13-12(17)9-7-14-16-15-9/h3-5,7H,6H2,1-2H3,(H,13,17)(H,14,15,16). The highest BCUT2D eigenvalue weighted by atomic mass is 16.5. The molecule has 0 fully saturated rings. The van der Waals surface area contributed by atoms with Crippen molar-refractivity contribution in [3.05, 3.63) is 35.7 Å². The molecule has 1 heterocycles. The number of nitrogens with one attached hydrogen (secondary N) is 2. The smallest absolute Gasteiger partial charge is 0.273 e. The largest absolute Gasteiger partial charge is 0.493 e. The predicted octanol–water partition coefficient (Wildman–Crippen LogP) is 0.752. The van der Waals surface area contributed by atoms with Gasteiger partial charge in [0.15, 0.2) is 17.2 Å². The van der Waals surface area contributed by atoms with Gasteiger partial charge in [0.1, 0.15) is 0 Å². The summed E-state index contributed by atoms with van der Waals surface area (Å²) in [6.45, 7) is 0.367. The highest BCUT2D eigenvalue weighted by Crippen LogP contribution is 2.27. The molecule has 0 aliphatic rings. The van der Waals surface area contributed by atoms with E-state index in [1.807, 2.05) is 12.1 Å². The van der Waals surface area contributed by atoms with Crippen LogP contribution in [0.2, 0.25) is 0 Å². The first-order chi connectivity index (χ1) is 9.24. The Morgan fingerprint density at radius 1 is 1.32 bits per heavy atom. The molecule has 0 atom stereocenters. The molecule has 0 aliphatic carbocycles. The van der Waals surface area contributed by atoms with Gasteiger partial charge in [-0.2, -0.15) is 15.4 Å². The first-order valence-corrected chi connectivity index (χ1v) is 5.59. The number of carbonyl (C=O) groups excluding carboxylic acids is 1. The third-order valence-corrected chi connectivity index (χ3v) is 2.55. The van der Waals surface area contributed by atoms with Crippen molar-refractivity contribution in [2.24, 2.45) is 0 Å². The van der Waals surface area contributed by atoms with Crippen LogP contribution in [0.4, 0.5) is 0 Å². The van der Waals surface area contributed by atoms with Crippen LogP contribution < -0.4 is 14.8 Å². The summed E-state index contributed by atoms with van der Waals surface area (Å²) in [5.74, 6) is 0.980. The number of methoxy groups -OCH3 is 2. The van der Waals surface area contributed by atoms with Crippen molar-refractivity contribution < 1.29 is 14.3 Å². The Kier molecular flexibility index (Phi) is 3.97. The topological polar surface area (TPSA) is 89.1 Å². The second kappa shape index (κ2) is 5.85. The molecule has 100 valence electrons. The molecule has 1 aromatic heterocycles. The molecular formula is C12H14N4O3. The summed E-state index contributed by atoms with van der Waals surface area (Å²) in [7, 11) is 3.14. The molecule has 0 saturated carbocycles. The maximum absolute atomic E-state index is 11.7. The lowest BCUT2D eigenvalue weighted by Crippen LogP contribution is -2.23. The molecule has 0 saturated heterocycles. The fraction of sp³-hybridized carbons (Fsp3) is 0.250. The van der Waals surface area contributed by atoms with E-state index in [0.717, 1.165) is 5.56 Å². The van der Waals surface area contributed by atoms with Crippen molar-refractivity contribution in [2.45, 2.75) is 6.54 Å². The fourth-order valence-corrected chi connectivity index (χ4v) is 1.57. The Balaban J connectivity index is 2.02. The molecule has 2 rings (SSSR count). The number of ether oxygens (including phenoxy) is 2. The van der Waals surface area contributed by atoms with E-state index in [1.165, 1.54) is 6.20 Å². The molecule has 0 aliphatic heterocycles. The first kappa shape index (κ1) is 12.9. The van der Waals surface area contributed by atoms with Crippen LogP contribution in [-0.4, -0.2) is 35.5 Å². The minimum atomic E-state index is -0.288. The third kappa shape index (κ3) is 3.01. The van der Waals surface area contributed by atoms with E-state index in [1.54, 1.807) is 20.3 Å². The van der Waals surface area contributed by atoms with Gasteiger partial charge in [-0.25, -0.2) is 0 Å². The van der Waals surface area contributed by atoms with Gasteiger partial charge < -0.3 is 14.8 Å². The second-order valence-electron chi connectivity index (χ2n) is 3.73. The molecule has 7 heteroatoms. The van der Waals surface area contributed by atoms with Crippen LogP contribution in [0, 0.1) is 0 Å². The number of aromatic amines is 1. The van der Waals surface area contributed by atoms with Gasteiger partial charge in [-0.05, 0) is 17.7 Å². The van der Waals surface area contributed by atoms with E-state index < -0.39 is 0 Å². The van der Waals surface area contributed by atoms with E-state index in [4.69, 9.17) is 9.47 Å². The van der Waals surface area contributed by atoms with Crippen LogP contribution in [0.5, 0.6) is 11.5 Å². The van der Waals surface area contributed by atoms with E-state index in [9.17, 15) is 4.79 Å². The first-order valence-electron chi connectivity index (χ1n) is 5.59. The molecule has 2 N–H and O–H groups in total. The van der Waals surface area contributed by atoms with Crippen LogP contribution in [0.15, 0.2) is 24.4 Å². The zero-order valence-electron chi connectivity index (χ0n) is 10.6. The highest BCUT2D eigenvalue weighted by molar-refractivity contribution is 5.91. The van der Waals surface area contributed by atoms with Crippen molar-refractivity contribution >= 4 is 5.91 Å². The Hall–Kier alpha value is -2.57. The number of H-pyrrole nitrogens is 1. The molecule has 1 amide bonds. The Morgan fingerprint density at radius 3 is 2.74 bits per heavy atom. The van der Waals surface area contributed by atoms with Crippen LogP contribution in [-0.2, 0) is 6.54 Å². The van der Waals surface area contributed by atoms with E-state index in [0.29, 0.717) is 18.0 Å². The summed E-state index contributed by atoms with van der Waals surface area (Å²) in [4.78, 5) is 11.7. The summed E-state index contributed by atoms with van der Waals surface area (Å²) in [6, 6.07) is 5.45. The number of amides is 1. The van der Waals surface area contributed by atoms with Crippen LogP contribution >= 0.6 is 0 Å². The zero-order chi connectivity index (χ0) is 13.7. The molecule has 0 spiro atoms. The van der Waals surface area contributed by atoms with Gasteiger partial charge in [0.2, 0.25) is 0 Å². The predicted molar refractivity (Wildman–Crippen MR) is 67.1 cm³/mol. The number of rotatable bonds is 5. The molecule has 0 radical (unpaired) electrons. The maximum Gasteiger partial charge on any atom is 0.273 e. The maximum atomic E-state index is 11.7. The summed E-state index contributed by atoms with van der Waals surface area (Å²) in [5, 5.41) is 12.4. The number of aromatic nitrogens is 3. The summed E-state index contributed by atoms with van der Waals surface area (Å²) >= 11 is 0. The van der Waals surface area contributed by atoms with Crippen molar-refractivity contribution in [1.29, 1.82) is 0 Å². The number of carbonyl (C=O) groups is 1. The highest BCUT2D eigenvalue weighted by Gasteiger charge is 2.09. The summed E-state index contributed by atoms with van der Waals surface area (Å²) < 4.78 is 10.3. The molecule has 0 bridgehead atoms. The van der Waals surface area contributed by atoms with Gasteiger partial charge in [-0.3, -0.25) is 4.79 Å². The average Bonchev–Trinajstić information content (AvgIpc) is 2.98. The molecule has 19 heavy (non-hydrogen) atoms. The van der Waals surface area contributed by atoms with Gasteiger partial charge in [0.25, 0.3) is 5.91 Å². The Labute approximate surface area is 109 Å². The third-order valence-electron chi connectivity index (χ3n) is 2.55. The molecule has 1 aromatic carbocycles. The van der Waals surface area contributed by atoms with E-state index in [-0.39, 0.29) is 11.6 Å². The average molecular weight is 262 g/mol. The fourth-order valence-electron chi connectivity index (χ4n) is 1.57. The lowest BCUT2D eigenvalue weighted by molar-refractivity contribution is 0.0946. The molecular weight excluding hydrogens is 248 g/mol. The van der Waals surface area contributed by atoms with Gasteiger partial charge in [0, 0.05) is 6.54 Å². The second-order valence-corrected chi connectivity index (χ2v) is 3.73. The van der Waals surface area contributed by atoms with Crippen molar-refractivity contribution in [2.75, 3.05) is 14.2 Å². The van der Waals surface area contributed by atoms with Gasteiger partial charge >= 0.3 is 0 Å². The van der Waals surface area contributed by atoms with Crippen LogP contribution in [0.25, 0.3) is 0 Å². The van der Waals surface area contributed by atoms with E-state index >= 15 is 0 Å². The van der Waals surface area contributed by atoms with E-state index in [2.05, 4.69) is 20.7 Å². The van der Waals surface area contributed by atoms with Crippen molar-refractivity contribution in [1.82, 2.24) is 20.7 Å². The quantitative estimate of drug-likeness (QED) is 0.830. The molecule has 2 aromatic rings. The molecule has 7 nitrogen and oxygen atoms in total. The van der Waals surface area contributed by atoms with Crippen LogP contribution in [0.3, 0.4) is 0 Å². The number of nitrogens with zero attached hydrogens (tertiary/aromatic N) is 2. The number of benzene rings is 1. The van der Waals surface area contributed by atoms with Crippen molar-refractivity contribution in [3.63, 3.8) is 0 Å². The van der Waals surface area contributed by atoms with Gasteiger partial charge in [-0.1, -0.05) is 6.07 Å². The summed E-state index contributed by atoms with van der Waals surface area (Å²) in [6.07, 6.45) is 1.37. The minimum Gasteiger partial charge on any atom is -0.493 e. The minimum absolute atomic E-state index is 0.250. The van der Waals surface area contributed by atoms with Gasteiger partial charge in [0.05, 0.1) is 20.4 Å². The Bertz CT molecular complexity index is 554. The number of hydrogen-bond acceptors (Lipinski definition) is 5.